The number of carbonyl (C=O) groups is 3. The van der Waals surface area contributed by atoms with Gasteiger partial charge in [0.25, 0.3) is 0 Å². The summed E-state index contributed by atoms with van der Waals surface area (Å²) in [5.74, 6) is -1.91. The van der Waals surface area contributed by atoms with Crippen LogP contribution < -0.4 is 4.74 Å². The van der Waals surface area contributed by atoms with Crippen molar-refractivity contribution in [1.29, 1.82) is 0 Å². The number of ketones is 1. The number of rotatable bonds is 4. The molecule has 1 fully saturated rings. The van der Waals surface area contributed by atoms with Gasteiger partial charge in [0.2, 0.25) is 0 Å². The Morgan fingerprint density at radius 2 is 1.74 bits per heavy atom. The van der Waals surface area contributed by atoms with Crippen LogP contribution in [-0.4, -0.2) is 24.8 Å². The van der Waals surface area contributed by atoms with Crippen molar-refractivity contribution in [2.24, 2.45) is 10.8 Å². The number of aryl methyl sites for hydroxylation is 1. The van der Waals surface area contributed by atoms with Crippen LogP contribution in [0.5, 0.6) is 5.75 Å². The molecule has 1 aliphatic carbocycles. The van der Waals surface area contributed by atoms with Crippen molar-refractivity contribution in [3.8, 4) is 5.75 Å². The summed E-state index contributed by atoms with van der Waals surface area (Å²) in [5, 5.41) is 1.83. The van der Waals surface area contributed by atoms with Crippen LogP contribution in [-0.2, 0) is 14.3 Å². The summed E-state index contributed by atoms with van der Waals surface area (Å²) in [4.78, 5) is 40.5. The van der Waals surface area contributed by atoms with Crippen molar-refractivity contribution >= 4 is 28.5 Å². The van der Waals surface area contributed by atoms with Crippen molar-refractivity contribution in [2.45, 2.75) is 26.2 Å². The average molecular weight is 414 g/mol. The van der Waals surface area contributed by atoms with E-state index in [-0.39, 0.29) is 5.78 Å². The summed E-state index contributed by atoms with van der Waals surface area (Å²) < 4.78 is 10.8. The third-order valence-electron chi connectivity index (χ3n) is 7.07. The molecule has 5 heteroatoms. The molecule has 0 N–H and O–H groups in total. The Morgan fingerprint density at radius 3 is 2.42 bits per heavy atom. The van der Waals surface area contributed by atoms with E-state index < -0.39 is 28.7 Å². The molecule has 0 radical (unpaired) electrons. The van der Waals surface area contributed by atoms with Crippen LogP contribution in [0.25, 0.3) is 10.8 Å². The number of hydrogen-bond acceptors (Lipinski definition) is 5. The summed E-state index contributed by atoms with van der Waals surface area (Å²) in [6, 6.07) is 18.6. The lowest BCUT2D eigenvalue weighted by atomic mass is 9.83. The molecule has 3 atom stereocenters. The SMILES string of the molecule is CC[C@]1(C(=O)c2ccc(C)cc2)[C@H]2c3c(ccc4ccccc34)OC(=O)[C@]21C(=O)OC. The molecule has 0 bridgehead atoms. The monoisotopic (exact) mass is 414 g/mol. The van der Waals surface area contributed by atoms with Crippen molar-refractivity contribution in [3.05, 3.63) is 77.4 Å². The molecule has 0 saturated heterocycles. The maximum atomic E-state index is 13.9. The summed E-state index contributed by atoms with van der Waals surface area (Å²) in [7, 11) is 1.25. The Morgan fingerprint density at radius 1 is 1.03 bits per heavy atom. The van der Waals surface area contributed by atoms with Gasteiger partial charge in [0, 0.05) is 17.0 Å². The van der Waals surface area contributed by atoms with Crippen LogP contribution in [0.2, 0.25) is 0 Å². The Hall–Kier alpha value is -3.47. The summed E-state index contributed by atoms with van der Waals surface area (Å²) in [6.45, 7) is 3.78. The fourth-order valence-corrected chi connectivity index (χ4v) is 5.60. The van der Waals surface area contributed by atoms with E-state index >= 15 is 0 Å². The van der Waals surface area contributed by atoms with Crippen molar-refractivity contribution in [2.75, 3.05) is 7.11 Å². The lowest BCUT2D eigenvalue weighted by molar-refractivity contribution is -0.160. The highest BCUT2D eigenvalue weighted by Gasteiger charge is 2.90. The van der Waals surface area contributed by atoms with E-state index in [1.54, 1.807) is 18.2 Å². The molecule has 1 saturated carbocycles. The molecule has 3 aromatic rings. The first kappa shape index (κ1) is 19.5. The van der Waals surface area contributed by atoms with E-state index in [4.69, 9.17) is 9.47 Å². The van der Waals surface area contributed by atoms with Crippen LogP contribution >= 0.6 is 0 Å². The van der Waals surface area contributed by atoms with Crippen LogP contribution in [0, 0.1) is 17.8 Å². The zero-order valence-electron chi connectivity index (χ0n) is 17.6. The molecular weight excluding hydrogens is 392 g/mol. The molecule has 5 nitrogen and oxygen atoms in total. The minimum atomic E-state index is -1.68. The van der Waals surface area contributed by atoms with E-state index in [1.165, 1.54) is 7.11 Å². The quantitative estimate of drug-likeness (QED) is 0.270. The van der Waals surface area contributed by atoms with Crippen molar-refractivity contribution in [3.63, 3.8) is 0 Å². The van der Waals surface area contributed by atoms with E-state index in [1.807, 2.05) is 56.3 Å². The van der Waals surface area contributed by atoms with Gasteiger partial charge in [-0.1, -0.05) is 67.1 Å². The minimum Gasteiger partial charge on any atom is -0.468 e. The minimum absolute atomic E-state index is 0.233. The molecule has 0 spiro atoms. The molecule has 5 rings (SSSR count). The lowest BCUT2D eigenvalue weighted by Gasteiger charge is -2.23. The summed E-state index contributed by atoms with van der Waals surface area (Å²) in [6.07, 6.45) is 0.303. The van der Waals surface area contributed by atoms with E-state index in [0.29, 0.717) is 17.7 Å². The topological polar surface area (TPSA) is 69.7 Å². The van der Waals surface area contributed by atoms with Gasteiger partial charge in [-0.2, -0.15) is 0 Å². The maximum absolute atomic E-state index is 13.9. The smallest absolute Gasteiger partial charge is 0.330 e. The fourth-order valence-electron chi connectivity index (χ4n) is 5.60. The number of esters is 2. The number of ether oxygens (including phenoxy) is 2. The first-order valence-electron chi connectivity index (χ1n) is 10.4. The molecule has 3 aromatic carbocycles. The highest BCUT2D eigenvalue weighted by Crippen LogP contribution is 2.80. The van der Waals surface area contributed by atoms with Crippen LogP contribution in [0.3, 0.4) is 0 Å². The number of benzene rings is 3. The van der Waals surface area contributed by atoms with Crippen LogP contribution in [0.4, 0.5) is 0 Å². The lowest BCUT2D eigenvalue weighted by Crippen LogP contribution is -2.40. The fraction of sp³-hybridized carbons (Fsp3) is 0.269. The van der Waals surface area contributed by atoms with Gasteiger partial charge in [-0.3, -0.25) is 14.4 Å². The average Bonchev–Trinajstić information content (AvgIpc) is 3.44. The third kappa shape index (κ3) is 2.23. The number of Topliss-reactive ketones (excluding diaryl/α,β-unsaturated/α-hetero) is 1. The molecular formula is C26H22O5. The maximum Gasteiger partial charge on any atom is 0.330 e. The Balaban J connectivity index is 1.81. The van der Waals surface area contributed by atoms with Gasteiger partial charge < -0.3 is 9.47 Å². The molecule has 0 aromatic heterocycles. The molecule has 0 amide bonds. The molecule has 1 aliphatic heterocycles. The second-order valence-corrected chi connectivity index (χ2v) is 8.34. The van der Waals surface area contributed by atoms with E-state index in [0.717, 1.165) is 21.9 Å². The zero-order chi connectivity index (χ0) is 22.0. The second-order valence-electron chi connectivity index (χ2n) is 8.34. The molecule has 1 heterocycles. The van der Waals surface area contributed by atoms with Gasteiger partial charge in [0.05, 0.1) is 12.5 Å². The summed E-state index contributed by atoms with van der Waals surface area (Å²) >= 11 is 0. The Kier molecular flexibility index (Phi) is 4.09. The Labute approximate surface area is 180 Å². The summed E-state index contributed by atoms with van der Waals surface area (Å²) in [5.41, 5.74) is -0.726. The van der Waals surface area contributed by atoms with Gasteiger partial charge in [-0.25, -0.2) is 0 Å². The molecule has 156 valence electrons. The van der Waals surface area contributed by atoms with Gasteiger partial charge in [-0.05, 0) is 30.2 Å². The normalized spacial score (nSPS) is 25.9. The van der Waals surface area contributed by atoms with Crippen LogP contribution in [0.1, 0.15) is 40.7 Å². The van der Waals surface area contributed by atoms with E-state index in [2.05, 4.69) is 0 Å². The standard InChI is InChI=1S/C26H22O5/c1-4-25(22(27)17-11-9-15(2)10-12-17)21-20-18-8-6-5-7-16(18)13-14-19(20)31-24(29)26(21,25)23(28)30-3/h5-14,21H,4H2,1-3H3/t21-,25-,26-/m1/s1. The predicted molar refractivity (Wildman–Crippen MR) is 115 cm³/mol. The molecule has 0 unspecified atom stereocenters. The van der Waals surface area contributed by atoms with Gasteiger partial charge in [-0.15, -0.1) is 0 Å². The number of hydrogen-bond donors (Lipinski definition) is 0. The third-order valence-corrected chi connectivity index (χ3v) is 7.07. The highest BCUT2D eigenvalue weighted by atomic mass is 16.6. The van der Waals surface area contributed by atoms with Crippen LogP contribution in [0.15, 0.2) is 60.7 Å². The first-order chi connectivity index (χ1) is 14.9. The van der Waals surface area contributed by atoms with E-state index in [9.17, 15) is 14.4 Å². The van der Waals surface area contributed by atoms with Gasteiger partial charge in [0.15, 0.2) is 11.2 Å². The molecule has 2 aliphatic rings. The van der Waals surface area contributed by atoms with Crippen molar-refractivity contribution < 1.29 is 23.9 Å². The highest BCUT2D eigenvalue weighted by molar-refractivity contribution is 6.21. The first-order valence-corrected chi connectivity index (χ1v) is 10.4. The Bertz CT molecular complexity index is 1260. The second kappa shape index (κ2) is 6.51. The number of carbonyl (C=O) groups excluding carboxylic acids is 3. The molecule has 31 heavy (non-hydrogen) atoms. The predicted octanol–water partition coefficient (Wildman–Crippen LogP) is 4.60. The van der Waals surface area contributed by atoms with Gasteiger partial charge in [0.1, 0.15) is 5.75 Å². The van der Waals surface area contributed by atoms with Gasteiger partial charge >= 0.3 is 11.9 Å². The zero-order valence-corrected chi connectivity index (χ0v) is 17.6. The van der Waals surface area contributed by atoms with Crippen molar-refractivity contribution in [1.82, 2.24) is 0 Å². The number of fused-ring (bicyclic) bond motifs is 5. The largest absolute Gasteiger partial charge is 0.468 e. The number of methoxy groups -OCH3 is 1.